The summed E-state index contributed by atoms with van der Waals surface area (Å²) in [5.74, 6) is 0. The van der Waals surface area contributed by atoms with Gasteiger partial charge in [0, 0.05) is 31.6 Å². The van der Waals surface area contributed by atoms with Crippen LogP contribution in [0.1, 0.15) is 32.3 Å². The van der Waals surface area contributed by atoms with Crippen LogP contribution in [0.3, 0.4) is 0 Å². The topological polar surface area (TPSA) is 47.3 Å². The molecule has 0 aromatic carbocycles. The Hall–Kier alpha value is -0.870. The van der Waals surface area contributed by atoms with Gasteiger partial charge in [-0.1, -0.05) is 0 Å². The fourth-order valence-electron chi connectivity index (χ4n) is 2.42. The minimum absolute atomic E-state index is 0.0963. The Labute approximate surface area is 89.9 Å². The number of rotatable bonds is 1. The zero-order chi connectivity index (χ0) is 11.1. The fourth-order valence-corrected chi connectivity index (χ4v) is 2.42. The van der Waals surface area contributed by atoms with E-state index in [2.05, 4.69) is 5.10 Å². The second kappa shape index (κ2) is 3.61. The summed E-state index contributed by atoms with van der Waals surface area (Å²) in [5.41, 5.74) is 0.123. The highest BCUT2D eigenvalue weighted by Crippen LogP contribution is 2.36. The van der Waals surface area contributed by atoms with Crippen molar-refractivity contribution in [1.82, 2.24) is 9.78 Å². The quantitative estimate of drug-likeness (QED) is 0.757. The summed E-state index contributed by atoms with van der Waals surface area (Å²) < 4.78 is 7.34. The Kier molecular flexibility index (Phi) is 2.56. The van der Waals surface area contributed by atoms with Crippen LogP contribution < -0.4 is 0 Å². The van der Waals surface area contributed by atoms with Crippen molar-refractivity contribution in [3.8, 4) is 0 Å². The van der Waals surface area contributed by atoms with Crippen molar-refractivity contribution < 1.29 is 9.84 Å². The molecule has 4 heteroatoms. The van der Waals surface area contributed by atoms with Crippen LogP contribution in [-0.4, -0.2) is 27.1 Å². The standard InChI is InChI=1S/C11H18N2O2/c1-8-4-11(14,5-9(2)15-8)10-6-12-13(3)7-10/h6-9,14H,4-5H2,1-3H3. The van der Waals surface area contributed by atoms with Gasteiger partial charge in [0.15, 0.2) is 0 Å². The van der Waals surface area contributed by atoms with Gasteiger partial charge in [0.05, 0.1) is 24.0 Å². The second-order valence-electron chi connectivity index (χ2n) is 4.60. The molecule has 2 heterocycles. The van der Waals surface area contributed by atoms with Crippen LogP contribution in [0.2, 0.25) is 0 Å². The number of hydrogen-bond donors (Lipinski definition) is 1. The third-order valence-corrected chi connectivity index (χ3v) is 2.96. The number of aromatic nitrogens is 2. The van der Waals surface area contributed by atoms with Crippen molar-refractivity contribution in [2.75, 3.05) is 0 Å². The van der Waals surface area contributed by atoms with E-state index < -0.39 is 5.60 Å². The van der Waals surface area contributed by atoms with Gasteiger partial charge in [0.25, 0.3) is 0 Å². The van der Waals surface area contributed by atoms with Crippen LogP contribution in [0.5, 0.6) is 0 Å². The van der Waals surface area contributed by atoms with Gasteiger partial charge in [-0.15, -0.1) is 0 Å². The number of aryl methyl sites for hydroxylation is 1. The summed E-state index contributed by atoms with van der Waals surface area (Å²) in [5, 5.41) is 14.7. The first-order valence-corrected chi connectivity index (χ1v) is 5.36. The predicted molar refractivity (Wildman–Crippen MR) is 56.3 cm³/mol. The van der Waals surface area contributed by atoms with Crippen molar-refractivity contribution >= 4 is 0 Å². The summed E-state index contributed by atoms with van der Waals surface area (Å²) >= 11 is 0. The van der Waals surface area contributed by atoms with Crippen molar-refractivity contribution in [3.05, 3.63) is 18.0 Å². The number of hydrogen-bond acceptors (Lipinski definition) is 3. The molecule has 0 radical (unpaired) electrons. The maximum Gasteiger partial charge on any atom is 0.0975 e. The largest absolute Gasteiger partial charge is 0.385 e. The van der Waals surface area contributed by atoms with E-state index in [9.17, 15) is 5.11 Å². The molecule has 2 unspecified atom stereocenters. The summed E-state index contributed by atoms with van der Waals surface area (Å²) in [7, 11) is 1.86. The Morgan fingerprint density at radius 1 is 1.47 bits per heavy atom. The minimum Gasteiger partial charge on any atom is -0.385 e. The van der Waals surface area contributed by atoms with Gasteiger partial charge < -0.3 is 9.84 Å². The molecule has 0 spiro atoms. The number of nitrogens with zero attached hydrogens (tertiary/aromatic N) is 2. The van der Waals surface area contributed by atoms with Gasteiger partial charge in [0.2, 0.25) is 0 Å². The molecule has 0 bridgehead atoms. The molecule has 1 aromatic rings. The Bertz CT molecular complexity index is 338. The second-order valence-corrected chi connectivity index (χ2v) is 4.60. The Morgan fingerprint density at radius 2 is 2.07 bits per heavy atom. The smallest absolute Gasteiger partial charge is 0.0975 e. The first-order chi connectivity index (χ1) is 6.99. The SMILES string of the molecule is CC1CC(O)(c2cnn(C)c2)CC(C)O1. The van der Waals surface area contributed by atoms with E-state index >= 15 is 0 Å². The van der Waals surface area contributed by atoms with Gasteiger partial charge in [-0.3, -0.25) is 4.68 Å². The average molecular weight is 210 g/mol. The fraction of sp³-hybridized carbons (Fsp3) is 0.727. The molecule has 0 aliphatic carbocycles. The lowest BCUT2D eigenvalue weighted by atomic mass is 9.83. The van der Waals surface area contributed by atoms with Gasteiger partial charge in [-0.05, 0) is 13.8 Å². The van der Waals surface area contributed by atoms with Crippen LogP contribution in [0, 0.1) is 0 Å². The molecule has 2 atom stereocenters. The highest BCUT2D eigenvalue weighted by Gasteiger charge is 2.38. The normalized spacial score (nSPS) is 36.8. The zero-order valence-electron chi connectivity index (χ0n) is 9.47. The predicted octanol–water partition coefficient (Wildman–Crippen LogP) is 1.20. The summed E-state index contributed by atoms with van der Waals surface area (Å²) in [6, 6.07) is 0. The van der Waals surface area contributed by atoms with Crippen molar-refractivity contribution in [3.63, 3.8) is 0 Å². The molecule has 15 heavy (non-hydrogen) atoms. The maximum atomic E-state index is 10.6. The summed E-state index contributed by atoms with van der Waals surface area (Å²) in [4.78, 5) is 0. The van der Waals surface area contributed by atoms with Crippen LogP contribution in [0.4, 0.5) is 0 Å². The molecular weight excluding hydrogens is 192 g/mol. The molecule has 1 aliphatic rings. The zero-order valence-corrected chi connectivity index (χ0v) is 9.47. The molecule has 0 amide bonds. The lowest BCUT2D eigenvalue weighted by Gasteiger charge is -2.38. The molecule has 0 saturated carbocycles. The first kappa shape index (κ1) is 10.6. The maximum absolute atomic E-state index is 10.6. The van der Waals surface area contributed by atoms with Crippen molar-refractivity contribution in [2.24, 2.45) is 7.05 Å². The summed E-state index contributed by atoms with van der Waals surface area (Å²) in [6.07, 6.45) is 5.10. The molecular formula is C11H18N2O2. The Balaban J connectivity index is 2.25. The molecule has 1 fully saturated rings. The van der Waals surface area contributed by atoms with E-state index in [1.54, 1.807) is 10.9 Å². The van der Waals surface area contributed by atoms with Gasteiger partial charge in [0.1, 0.15) is 0 Å². The van der Waals surface area contributed by atoms with E-state index in [-0.39, 0.29) is 12.2 Å². The molecule has 1 N–H and O–H groups in total. The van der Waals surface area contributed by atoms with E-state index in [1.807, 2.05) is 27.1 Å². The van der Waals surface area contributed by atoms with Gasteiger partial charge in [-0.2, -0.15) is 5.10 Å². The Morgan fingerprint density at radius 3 is 2.53 bits per heavy atom. The van der Waals surface area contributed by atoms with Gasteiger partial charge >= 0.3 is 0 Å². The van der Waals surface area contributed by atoms with E-state index in [4.69, 9.17) is 4.74 Å². The molecule has 1 aromatic heterocycles. The van der Waals surface area contributed by atoms with Gasteiger partial charge in [-0.25, -0.2) is 0 Å². The highest BCUT2D eigenvalue weighted by atomic mass is 16.5. The van der Waals surface area contributed by atoms with Crippen LogP contribution >= 0.6 is 0 Å². The van der Waals surface area contributed by atoms with E-state index in [0.29, 0.717) is 12.8 Å². The number of ether oxygens (including phenoxy) is 1. The first-order valence-electron chi connectivity index (χ1n) is 5.36. The molecule has 84 valence electrons. The summed E-state index contributed by atoms with van der Waals surface area (Å²) in [6.45, 7) is 3.99. The van der Waals surface area contributed by atoms with E-state index in [1.165, 1.54) is 0 Å². The minimum atomic E-state index is -0.772. The van der Waals surface area contributed by atoms with Crippen LogP contribution in [0.25, 0.3) is 0 Å². The molecule has 1 saturated heterocycles. The highest BCUT2D eigenvalue weighted by molar-refractivity contribution is 5.16. The van der Waals surface area contributed by atoms with E-state index in [0.717, 1.165) is 5.56 Å². The van der Waals surface area contributed by atoms with Crippen molar-refractivity contribution in [2.45, 2.75) is 44.5 Å². The monoisotopic (exact) mass is 210 g/mol. The van der Waals surface area contributed by atoms with Crippen molar-refractivity contribution in [1.29, 1.82) is 0 Å². The molecule has 2 rings (SSSR count). The third kappa shape index (κ3) is 2.06. The molecule has 1 aliphatic heterocycles. The van der Waals surface area contributed by atoms with Crippen LogP contribution in [-0.2, 0) is 17.4 Å². The number of aliphatic hydroxyl groups is 1. The third-order valence-electron chi connectivity index (χ3n) is 2.96. The van der Waals surface area contributed by atoms with Crippen LogP contribution in [0.15, 0.2) is 12.4 Å². The lowest BCUT2D eigenvalue weighted by molar-refractivity contribution is -0.135. The lowest BCUT2D eigenvalue weighted by Crippen LogP contribution is -2.41. The molecule has 4 nitrogen and oxygen atoms in total. The average Bonchev–Trinajstić information content (AvgIpc) is 2.49.